The molecule has 5 nitrogen and oxygen atoms in total. The molecule has 0 unspecified atom stereocenters. The molecule has 2 N–H and O–H groups in total. The summed E-state index contributed by atoms with van der Waals surface area (Å²) in [6, 6.07) is 13.0. The number of aromatic nitrogens is 1. The molecule has 0 saturated heterocycles. The Morgan fingerprint density at radius 2 is 1.96 bits per heavy atom. The maximum absolute atomic E-state index is 12.4. The van der Waals surface area contributed by atoms with Crippen molar-refractivity contribution in [2.75, 3.05) is 0 Å². The molecule has 0 radical (unpaired) electrons. The van der Waals surface area contributed by atoms with Crippen LogP contribution in [0.25, 0.3) is 10.8 Å². The normalized spacial score (nSPS) is 12.0. The molecule has 6 heteroatoms. The topological polar surface area (TPSA) is 79.3 Å². The van der Waals surface area contributed by atoms with Gasteiger partial charge >= 0.3 is 5.97 Å². The summed E-state index contributed by atoms with van der Waals surface area (Å²) in [5, 5.41) is 17.2. The van der Waals surface area contributed by atoms with Crippen LogP contribution in [0.5, 0.6) is 0 Å². The average Bonchev–Trinajstić information content (AvgIpc) is 3.05. The monoisotopic (exact) mass is 382 g/mol. The zero-order valence-corrected chi connectivity index (χ0v) is 16.0. The highest BCUT2D eigenvalue weighted by Gasteiger charge is 2.20. The molecule has 140 valence electrons. The van der Waals surface area contributed by atoms with E-state index in [-0.39, 0.29) is 12.3 Å². The van der Waals surface area contributed by atoms with Gasteiger partial charge < -0.3 is 10.4 Å². The highest BCUT2D eigenvalue weighted by Crippen LogP contribution is 2.26. The van der Waals surface area contributed by atoms with E-state index in [0.717, 1.165) is 33.5 Å². The first-order chi connectivity index (χ1) is 13.0. The van der Waals surface area contributed by atoms with Gasteiger partial charge in [0, 0.05) is 11.8 Å². The van der Waals surface area contributed by atoms with E-state index in [1.54, 1.807) is 11.3 Å². The van der Waals surface area contributed by atoms with Crippen LogP contribution in [0.3, 0.4) is 0 Å². The zero-order chi connectivity index (χ0) is 19.2. The van der Waals surface area contributed by atoms with Gasteiger partial charge in [-0.3, -0.25) is 9.59 Å². The fourth-order valence-electron chi connectivity index (χ4n) is 3.19. The molecule has 2 aromatic carbocycles. The van der Waals surface area contributed by atoms with E-state index in [1.165, 1.54) is 0 Å². The third-order valence-corrected chi connectivity index (χ3v) is 5.24. The van der Waals surface area contributed by atoms with E-state index < -0.39 is 12.0 Å². The molecular formula is C21H22N2O3S. The number of carboxylic acids is 1. The van der Waals surface area contributed by atoms with Crippen LogP contribution in [0.2, 0.25) is 0 Å². The van der Waals surface area contributed by atoms with Gasteiger partial charge in [0.05, 0.1) is 23.2 Å². The number of amides is 1. The molecule has 0 bridgehead atoms. The summed E-state index contributed by atoms with van der Waals surface area (Å²) < 4.78 is 0. The van der Waals surface area contributed by atoms with Gasteiger partial charge in [0.1, 0.15) is 0 Å². The molecule has 0 saturated carbocycles. The third-order valence-electron chi connectivity index (χ3n) is 4.42. The van der Waals surface area contributed by atoms with Gasteiger partial charge in [-0.15, -0.1) is 11.3 Å². The van der Waals surface area contributed by atoms with Crippen molar-refractivity contribution >= 4 is 34.0 Å². The van der Waals surface area contributed by atoms with E-state index in [0.29, 0.717) is 12.8 Å². The van der Waals surface area contributed by atoms with Gasteiger partial charge in [-0.05, 0) is 36.1 Å². The molecule has 1 atom stereocenters. The SMILES string of the molecule is Cc1nc(CCCC(=O)N[C@H](CC(=O)O)c2cccc3ccccc23)cs1. The summed E-state index contributed by atoms with van der Waals surface area (Å²) in [4.78, 5) is 28.2. The summed E-state index contributed by atoms with van der Waals surface area (Å²) >= 11 is 1.60. The van der Waals surface area contributed by atoms with Crippen LogP contribution in [-0.2, 0) is 16.0 Å². The van der Waals surface area contributed by atoms with E-state index in [2.05, 4.69) is 10.3 Å². The Labute approximate surface area is 162 Å². The Morgan fingerprint density at radius 1 is 1.19 bits per heavy atom. The molecule has 27 heavy (non-hydrogen) atoms. The van der Waals surface area contributed by atoms with Crippen molar-refractivity contribution in [3.05, 3.63) is 64.1 Å². The van der Waals surface area contributed by atoms with Crippen LogP contribution in [-0.4, -0.2) is 22.0 Å². The lowest BCUT2D eigenvalue weighted by Crippen LogP contribution is -2.30. The van der Waals surface area contributed by atoms with Gasteiger partial charge in [0.25, 0.3) is 0 Å². The first-order valence-electron chi connectivity index (χ1n) is 8.93. The fourth-order valence-corrected chi connectivity index (χ4v) is 3.83. The predicted octanol–water partition coefficient (Wildman–Crippen LogP) is 4.26. The molecule has 0 aliphatic heterocycles. The highest BCUT2D eigenvalue weighted by atomic mass is 32.1. The van der Waals surface area contributed by atoms with Crippen LogP contribution in [0.1, 0.15) is 41.6 Å². The number of aliphatic carboxylic acids is 1. The first kappa shape index (κ1) is 19.0. The molecule has 0 aliphatic carbocycles. The number of benzene rings is 2. The van der Waals surface area contributed by atoms with Crippen molar-refractivity contribution in [1.82, 2.24) is 10.3 Å². The molecule has 1 heterocycles. The quantitative estimate of drug-likeness (QED) is 0.610. The van der Waals surface area contributed by atoms with E-state index in [4.69, 9.17) is 0 Å². The van der Waals surface area contributed by atoms with E-state index in [9.17, 15) is 14.7 Å². The number of carbonyl (C=O) groups is 2. The minimum atomic E-state index is -0.939. The molecule has 1 aromatic heterocycles. The van der Waals surface area contributed by atoms with Gasteiger partial charge in [-0.25, -0.2) is 4.98 Å². The smallest absolute Gasteiger partial charge is 0.305 e. The van der Waals surface area contributed by atoms with Gasteiger partial charge in [0.2, 0.25) is 5.91 Å². The van der Waals surface area contributed by atoms with Crippen molar-refractivity contribution in [3.8, 4) is 0 Å². The van der Waals surface area contributed by atoms with Crippen molar-refractivity contribution < 1.29 is 14.7 Å². The highest BCUT2D eigenvalue weighted by molar-refractivity contribution is 7.09. The number of aryl methyl sites for hydroxylation is 2. The van der Waals surface area contributed by atoms with Gasteiger partial charge in [0.15, 0.2) is 0 Å². The Balaban J connectivity index is 1.69. The number of nitrogens with one attached hydrogen (secondary N) is 1. The summed E-state index contributed by atoms with van der Waals surface area (Å²) in [6.45, 7) is 1.96. The van der Waals surface area contributed by atoms with Crippen molar-refractivity contribution in [1.29, 1.82) is 0 Å². The predicted molar refractivity (Wildman–Crippen MR) is 107 cm³/mol. The van der Waals surface area contributed by atoms with Crippen LogP contribution in [0, 0.1) is 6.92 Å². The van der Waals surface area contributed by atoms with Crippen LogP contribution in [0.15, 0.2) is 47.8 Å². The largest absolute Gasteiger partial charge is 0.481 e. The minimum Gasteiger partial charge on any atom is -0.481 e. The first-order valence-corrected chi connectivity index (χ1v) is 9.80. The van der Waals surface area contributed by atoms with Crippen LogP contribution < -0.4 is 5.32 Å². The lowest BCUT2D eigenvalue weighted by Gasteiger charge is -2.19. The molecule has 0 fully saturated rings. The minimum absolute atomic E-state index is 0.138. The Morgan fingerprint density at radius 3 is 2.70 bits per heavy atom. The summed E-state index contributed by atoms with van der Waals surface area (Å²) in [5.41, 5.74) is 1.83. The van der Waals surface area contributed by atoms with Crippen molar-refractivity contribution in [3.63, 3.8) is 0 Å². The van der Waals surface area contributed by atoms with E-state index in [1.807, 2.05) is 54.8 Å². The lowest BCUT2D eigenvalue weighted by molar-refractivity contribution is -0.137. The third kappa shape index (κ3) is 5.14. The van der Waals surface area contributed by atoms with E-state index >= 15 is 0 Å². The molecule has 1 amide bonds. The lowest BCUT2D eigenvalue weighted by atomic mass is 9.96. The second-order valence-electron chi connectivity index (χ2n) is 6.50. The maximum Gasteiger partial charge on any atom is 0.305 e. The Kier molecular flexibility index (Phi) is 6.19. The number of nitrogens with zero attached hydrogens (tertiary/aromatic N) is 1. The zero-order valence-electron chi connectivity index (χ0n) is 15.1. The summed E-state index contributed by atoms with van der Waals surface area (Å²) in [5.74, 6) is -1.08. The number of fused-ring (bicyclic) bond motifs is 1. The molecule has 0 spiro atoms. The Bertz CT molecular complexity index is 946. The summed E-state index contributed by atoms with van der Waals surface area (Å²) in [7, 11) is 0. The number of rotatable bonds is 8. The van der Waals surface area contributed by atoms with Crippen LogP contribution in [0.4, 0.5) is 0 Å². The number of carboxylic acid groups (broad SMARTS) is 1. The second-order valence-corrected chi connectivity index (χ2v) is 7.56. The van der Waals surface area contributed by atoms with Gasteiger partial charge in [-0.1, -0.05) is 42.5 Å². The Hall–Kier alpha value is -2.73. The number of hydrogen-bond acceptors (Lipinski definition) is 4. The van der Waals surface area contributed by atoms with Crippen molar-refractivity contribution in [2.45, 2.75) is 38.6 Å². The fraction of sp³-hybridized carbons (Fsp3) is 0.286. The summed E-state index contributed by atoms with van der Waals surface area (Å²) in [6.07, 6.45) is 1.63. The molecule has 3 aromatic rings. The van der Waals surface area contributed by atoms with Crippen molar-refractivity contribution in [2.24, 2.45) is 0 Å². The second kappa shape index (κ2) is 8.77. The number of thiazole rings is 1. The molecule has 3 rings (SSSR count). The average molecular weight is 382 g/mol. The number of carbonyl (C=O) groups excluding carboxylic acids is 1. The van der Waals surface area contributed by atoms with Crippen LogP contribution >= 0.6 is 11.3 Å². The maximum atomic E-state index is 12.4. The standard InChI is InChI=1S/C21H22N2O3S/c1-14-22-16(13-27-14)8-5-11-20(24)23-19(12-21(25)26)18-10-4-7-15-6-2-3-9-17(15)18/h2-4,6-7,9-10,13,19H,5,8,11-12H2,1H3,(H,23,24)(H,25,26)/t19-/m1/s1. The number of hydrogen-bond donors (Lipinski definition) is 2. The molecular weight excluding hydrogens is 360 g/mol. The molecule has 0 aliphatic rings. The van der Waals surface area contributed by atoms with Gasteiger partial charge in [-0.2, -0.15) is 0 Å².